The summed E-state index contributed by atoms with van der Waals surface area (Å²) in [4.78, 5) is 24.8. The van der Waals surface area contributed by atoms with Crippen molar-refractivity contribution in [2.24, 2.45) is 5.73 Å². The molecule has 0 radical (unpaired) electrons. The van der Waals surface area contributed by atoms with E-state index in [1.165, 1.54) is 4.68 Å². The lowest BCUT2D eigenvalue weighted by Crippen LogP contribution is -2.44. The third-order valence-corrected chi connectivity index (χ3v) is 5.94. The van der Waals surface area contributed by atoms with E-state index in [0.717, 1.165) is 48.5 Å². The number of likely N-dealkylation sites (N-methyl/N-ethyl adjacent to an activating group) is 1. The predicted molar refractivity (Wildman–Crippen MR) is 154 cm³/mol. The highest BCUT2D eigenvalue weighted by atomic mass is 35.5. The highest BCUT2D eigenvalue weighted by molar-refractivity contribution is 5.95. The maximum atomic E-state index is 11.3. The van der Waals surface area contributed by atoms with Crippen LogP contribution >= 0.6 is 37.2 Å². The van der Waals surface area contributed by atoms with Crippen LogP contribution in [0.15, 0.2) is 64.2 Å². The molecule has 1 aliphatic rings. The summed E-state index contributed by atoms with van der Waals surface area (Å²) in [5.41, 5.74) is 7.59. The minimum Gasteiger partial charge on any atom is -0.490 e. The van der Waals surface area contributed by atoms with Gasteiger partial charge in [-0.25, -0.2) is 0 Å². The molecule has 0 bridgehead atoms. The van der Waals surface area contributed by atoms with E-state index in [9.17, 15) is 9.59 Å². The van der Waals surface area contributed by atoms with Crippen LogP contribution in [0.5, 0.6) is 5.75 Å². The first kappa shape index (κ1) is 31.1. The summed E-state index contributed by atoms with van der Waals surface area (Å²) in [7, 11) is 0. The van der Waals surface area contributed by atoms with Gasteiger partial charge in [-0.1, -0.05) is 30.4 Å². The molecule has 0 atom stereocenters. The highest BCUT2D eigenvalue weighted by Gasteiger charge is 2.28. The Balaban J connectivity index is 0.00000216. The molecule has 3 N–H and O–H groups in total. The number of nitrogens with two attached hydrogens (primary N) is 1. The summed E-state index contributed by atoms with van der Waals surface area (Å²) in [5, 5.41) is 9.37. The molecule has 1 fully saturated rings. The van der Waals surface area contributed by atoms with E-state index in [4.69, 9.17) is 15.9 Å². The number of anilines is 1. The standard InChI is InChI=1S/C25H29N5O3.3ClH/c1-2-28(14-4-6-18-5-3-7-19(17-18)23(26)27)20-8-10-21(11-9-20)33-22-12-15-29(16-13-22)30-24(31)25(30)32;;;/h3-11,17,22H,2,12-16H2,1H3,(H3,26,27);3*1H/b6-4+;;;. The lowest BCUT2D eigenvalue weighted by Gasteiger charge is -2.31. The minimum atomic E-state index is -0.412. The van der Waals surface area contributed by atoms with E-state index < -0.39 is 11.1 Å². The van der Waals surface area contributed by atoms with Gasteiger partial charge >= 0.3 is 11.1 Å². The molecular formula is C25H32Cl3N5O3. The van der Waals surface area contributed by atoms with Crippen molar-refractivity contribution < 1.29 is 4.74 Å². The summed E-state index contributed by atoms with van der Waals surface area (Å²) in [6.07, 6.45) is 5.77. The third kappa shape index (κ3) is 7.53. The van der Waals surface area contributed by atoms with E-state index in [0.29, 0.717) is 13.1 Å². The average molecular weight is 557 g/mol. The molecule has 0 amide bonds. The molecule has 2 aromatic carbocycles. The number of hydrogen-bond donors (Lipinski definition) is 2. The fraction of sp³-hybridized carbons (Fsp3) is 0.320. The molecule has 196 valence electrons. The van der Waals surface area contributed by atoms with Crippen molar-refractivity contribution in [3.05, 3.63) is 86.4 Å². The molecule has 0 spiro atoms. The van der Waals surface area contributed by atoms with Crippen LogP contribution in [0.25, 0.3) is 6.08 Å². The first-order chi connectivity index (χ1) is 16.0. The molecular weight excluding hydrogens is 525 g/mol. The van der Waals surface area contributed by atoms with Gasteiger partial charge in [-0.2, -0.15) is 4.68 Å². The second-order valence-corrected chi connectivity index (χ2v) is 8.17. The number of nitrogens with zero attached hydrogens (tertiary/aromatic N) is 3. The molecule has 36 heavy (non-hydrogen) atoms. The summed E-state index contributed by atoms with van der Waals surface area (Å²) in [6.45, 7) is 5.03. The van der Waals surface area contributed by atoms with E-state index in [-0.39, 0.29) is 49.2 Å². The van der Waals surface area contributed by atoms with Gasteiger partial charge in [0.15, 0.2) is 0 Å². The smallest absolute Gasteiger partial charge is 0.340 e. The zero-order chi connectivity index (χ0) is 23.4. The Bertz CT molecular complexity index is 1190. The molecule has 0 saturated carbocycles. The second kappa shape index (κ2) is 14.0. The number of ether oxygens (including phenoxy) is 1. The van der Waals surface area contributed by atoms with Crippen LogP contribution in [0.2, 0.25) is 0 Å². The van der Waals surface area contributed by atoms with Gasteiger partial charge in [-0.05, 0) is 42.8 Å². The van der Waals surface area contributed by atoms with Crippen molar-refractivity contribution in [3.63, 3.8) is 0 Å². The maximum Gasteiger partial charge on any atom is 0.340 e. The van der Waals surface area contributed by atoms with Crippen molar-refractivity contribution in [2.75, 3.05) is 36.1 Å². The van der Waals surface area contributed by atoms with Crippen molar-refractivity contribution >= 4 is 54.8 Å². The van der Waals surface area contributed by atoms with Gasteiger partial charge in [-0.3, -0.25) is 15.0 Å². The van der Waals surface area contributed by atoms with Crippen LogP contribution in [0.4, 0.5) is 5.69 Å². The first-order valence-electron chi connectivity index (χ1n) is 11.2. The zero-order valence-corrected chi connectivity index (χ0v) is 22.4. The van der Waals surface area contributed by atoms with Crippen molar-refractivity contribution in [1.82, 2.24) is 4.68 Å². The predicted octanol–water partition coefficient (Wildman–Crippen LogP) is 3.35. The Morgan fingerprint density at radius 2 is 1.72 bits per heavy atom. The monoisotopic (exact) mass is 555 g/mol. The van der Waals surface area contributed by atoms with Gasteiger partial charge in [0.1, 0.15) is 17.7 Å². The molecule has 1 aromatic heterocycles. The van der Waals surface area contributed by atoms with E-state index in [1.54, 1.807) is 5.01 Å². The number of nitrogens with one attached hydrogen (secondary N) is 1. The number of rotatable bonds is 9. The Morgan fingerprint density at radius 1 is 1.08 bits per heavy atom. The highest BCUT2D eigenvalue weighted by Crippen LogP contribution is 2.23. The summed E-state index contributed by atoms with van der Waals surface area (Å²) in [6, 6.07) is 15.7. The van der Waals surface area contributed by atoms with Crippen molar-refractivity contribution in [3.8, 4) is 5.75 Å². The first-order valence-corrected chi connectivity index (χ1v) is 11.2. The van der Waals surface area contributed by atoms with Gasteiger partial charge in [0.25, 0.3) is 0 Å². The van der Waals surface area contributed by atoms with Gasteiger partial charge in [0, 0.05) is 50.3 Å². The lowest BCUT2D eigenvalue weighted by molar-refractivity contribution is 0.164. The van der Waals surface area contributed by atoms with Gasteiger partial charge in [-0.15, -0.1) is 37.2 Å². The Kier molecular flexibility index (Phi) is 12.1. The van der Waals surface area contributed by atoms with Gasteiger partial charge < -0.3 is 20.4 Å². The topological polar surface area (TPSA) is 105 Å². The van der Waals surface area contributed by atoms with Crippen LogP contribution in [0.3, 0.4) is 0 Å². The molecule has 2 heterocycles. The zero-order valence-electron chi connectivity index (χ0n) is 20.0. The molecule has 3 aromatic rings. The largest absolute Gasteiger partial charge is 0.490 e. The quantitative estimate of drug-likeness (QED) is 0.238. The number of hydrogen-bond acceptors (Lipinski definition) is 6. The van der Waals surface area contributed by atoms with Crippen LogP contribution in [0.1, 0.15) is 30.9 Å². The van der Waals surface area contributed by atoms with Crippen LogP contribution < -0.4 is 31.5 Å². The van der Waals surface area contributed by atoms with E-state index in [1.807, 2.05) is 42.5 Å². The normalized spacial score (nSPS) is 13.5. The summed E-state index contributed by atoms with van der Waals surface area (Å²) < 4.78 is 7.34. The second-order valence-electron chi connectivity index (χ2n) is 8.17. The molecule has 4 rings (SSSR count). The van der Waals surface area contributed by atoms with Crippen molar-refractivity contribution in [2.45, 2.75) is 25.9 Å². The fourth-order valence-corrected chi connectivity index (χ4v) is 4.02. The SMILES string of the molecule is CCN(C/C=C/c1cccc(C(=N)N)c1)c1ccc(OC2CCN(n3c(=O)c3=O)CC2)cc1.Cl.Cl.Cl. The number of aromatic nitrogens is 1. The maximum absolute atomic E-state index is 11.3. The number of benzene rings is 2. The molecule has 8 nitrogen and oxygen atoms in total. The van der Waals surface area contributed by atoms with Gasteiger partial charge in [0.05, 0.1) is 0 Å². The lowest BCUT2D eigenvalue weighted by atomic mass is 10.1. The Labute approximate surface area is 229 Å². The summed E-state index contributed by atoms with van der Waals surface area (Å²) in [5.74, 6) is 0.892. The number of amidine groups is 1. The van der Waals surface area contributed by atoms with Crippen LogP contribution in [-0.2, 0) is 0 Å². The fourth-order valence-electron chi connectivity index (χ4n) is 4.02. The minimum absolute atomic E-state index is 0. The van der Waals surface area contributed by atoms with E-state index >= 15 is 0 Å². The molecule has 0 unspecified atom stereocenters. The summed E-state index contributed by atoms with van der Waals surface area (Å²) >= 11 is 0. The van der Waals surface area contributed by atoms with E-state index in [2.05, 4.69) is 30.0 Å². The molecule has 1 saturated heterocycles. The number of halogens is 3. The van der Waals surface area contributed by atoms with Crippen LogP contribution in [-0.4, -0.2) is 42.8 Å². The Hall–Kier alpha value is -2.94. The average Bonchev–Trinajstić information content (AvgIpc) is 3.43. The number of nitrogen functional groups attached to an aromatic ring is 1. The van der Waals surface area contributed by atoms with Crippen molar-refractivity contribution in [1.29, 1.82) is 5.41 Å². The number of piperidine rings is 1. The third-order valence-electron chi connectivity index (χ3n) is 5.94. The Morgan fingerprint density at radius 3 is 2.28 bits per heavy atom. The van der Waals surface area contributed by atoms with Gasteiger partial charge in [0.2, 0.25) is 0 Å². The molecule has 1 aliphatic heterocycles. The molecule has 11 heteroatoms. The molecule has 0 aliphatic carbocycles. The van der Waals surface area contributed by atoms with Crippen LogP contribution in [0, 0.1) is 5.41 Å².